The van der Waals surface area contributed by atoms with E-state index in [9.17, 15) is 4.79 Å². The van der Waals surface area contributed by atoms with Crippen molar-refractivity contribution in [3.8, 4) is 6.07 Å². The maximum absolute atomic E-state index is 12.6. The molecule has 1 aromatic carbocycles. The fourth-order valence-electron chi connectivity index (χ4n) is 3.11. The average molecular weight is 388 g/mol. The second-order valence-electron chi connectivity index (χ2n) is 6.38. The summed E-state index contributed by atoms with van der Waals surface area (Å²) < 4.78 is 0. The number of fused-ring (bicyclic) bond motifs is 1. The first-order valence-electron chi connectivity index (χ1n) is 8.52. The van der Waals surface area contributed by atoms with Gasteiger partial charge in [-0.2, -0.15) is 5.26 Å². The summed E-state index contributed by atoms with van der Waals surface area (Å²) in [4.78, 5) is 25.4. The molecule has 7 heteroatoms. The van der Waals surface area contributed by atoms with Crippen LogP contribution in [0.5, 0.6) is 0 Å². The Labute approximate surface area is 166 Å². The van der Waals surface area contributed by atoms with Gasteiger partial charge in [0.2, 0.25) is 0 Å². The molecule has 0 saturated carbocycles. The van der Waals surface area contributed by atoms with E-state index in [1.165, 1.54) is 6.20 Å². The largest absolute Gasteiger partial charge is 0.321 e. The smallest absolute Gasteiger partial charge is 0.274 e. The number of nitrogens with one attached hydrogen (secondary N) is 1. The number of aliphatic imine (C=N–C) groups is 1. The van der Waals surface area contributed by atoms with Gasteiger partial charge in [0.15, 0.2) is 0 Å². The summed E-state index contributed by atoms with van der Waals surface area (Å²) in [5.41, 5.74) is 5.62. The number of aryl methyl sites for hydroxylation is 1. The van der Waals surface area contributed by atoms with Crippen molar-refractivity contribution in [3.05, 3.63) is 87.5 Å². The lowest BCUT2D eigenvalue weighted by Gasteiger charge is -2.10. The lowest BCUT2D eigenvalue weighted by Crippen LogP contribution is -2.16. The van der Waals surface area contributed by atoms with E-state index in [-0.39, 0.29) is 11.6 Å². The van der Waals surface area contributed by atoms with Crippen molar-refractivity contribution in [2.45, 2.75) is 13.5 Å². The van der Waals surface area contributed by atoms with Crippen LogP contribution in [0.4, 0.5) is 5.69 Å². The highest BCUT2D eigenvalue weighted by molar-refractivity contribution is 6.31. The van der Waals surface area contributed by atoms with Crippen molar-refractivity contribution in [3.63, 3.8) is 0 Å². The molecule has 0 unspecified atom stereocenters. The first-order chi connectivity index (χ1) is 13.5. The van der Waals surface area contributed by atoms with Crippen LogP contribution >= 0.6 is 11.6 Å². The van der Waals surface area contributed by atoms with Crippen LogP contribution in [0.15, 0.2) is 53.9 Å². The van der Waals surface area contributed by atoms with Gasteiger partial charge in [0.25, 0.3) is 5.91 Å². The Balaban J connectivity index is 1.62. The first kappa shape index (κ1) is 17.8. The van der Waals surface area contributed by atoms with Gasteiger partial charge in [-0.3, -0.25) is 14.8 Å². The molecule has 136 valence electrons. The van der Waals surface area contributed by atoms with Crippen LogP contribution in [0.25, 0.3) is 0 Å². The Hall–Kier alpha value is -3.56. The van der Waals surface area contributed by atoms with E-state index >= 15 is 0 Å². The fourth-order valence-corrected chi connectivity index (χ4v) is 3.29. The molecule has 0 fully saturated rings. The number of anilines is 1. The van der Waals surface area contributed by atoms with E-state index in [0.29, 0.717) is 28.4 Å². The predicted octanol–water partition coefficient (Wildman–Crippen LogP) is 3.91. The normalized spacial score (nSPS) is 12.1. The molecule has 0 radical (unpaired) electrons. The summed E-state index contributed by atoms with van der Waals surface area (Å²) >= 11 is 6.05. The van der Waals surface area contributed by atoms with E-state index in [0.717, 1.165) is 22.4 Å². The SMILES string of the molecule is Cc1cc(C#N)cnc1C(=O)Nc1ccc2c(c1)C(c1cncc(Cl)c1)=NC2. The summed E-state index contributed by atoms with van der Waals surface area (Å²) in [6, 6.07) is 11.1. The number of nitriles is 1. The molecule has 2 aromatic heterocycles. The molecule has 6 nitrogen and oxygen atoms in total. The minimum absolute atomic E-state index is 0.285. The molecule has 1 aliphatic heterocycles. The number of benzene rings is 1. The first-order valence-corrected chi connectivity index (χ1v) is 8.90. The minimum atomic E-state index is -0.331. The summed E-state index contributed by atoms with van der Waals surface area (Å²) in [5.74, 6) is -0.331. The Kier molecular flexibility index (Phi) is 4.60. The molecule has 4 rings (SSSR count). The van der Waals surface area contributed by atoms with Crippen molar-refractivity contribution >= 4 is 28.9 Å². The number of nitrogens with zero attached hydrogens (tertiary/aromatic N) is 4. The van der Waals surface area contributed by atoms with Crippen molar-refractivity contribution in [1.29, 1.82) is 5.26 Å². The number of carbonyl (C=O) groups excluding carboxylic acids is 1. The number of pyridine rings is 2. The fraction of sp³-hybridized carbons (Fsp3) is 0.0952. The van der Waals surface area contributed by atoms with Crippen molar-refractivity contribution in [2.24, 2.45) is 4.99 Å². The quantitative estimate of drug-likeness (QED) is 0.737. The molecule has 0 saturated heterocycles. The Morgan fingerprint density at radius 3 is 2.82 bits per heavy atom. The maximum Gasteiger partial charge on any atom is 0.274 e. The third kappa shape index (κ3) is 3.36. The zero-order valence-electron chi connectivity index (χ0n) is 14.9. The van der Waals surface area contributed by atoms with Gasteiger partial charge >= 0.3 is 0 Å². The van der Waals surface area contributed by atoms with E-state index in [4.69, 9.17) is 16.9 Å². The minimum Gasteiger partial charge on any atom is -0.321 e. The van der Waals surface area contributed by atoms with Crippen LogP contribution < -0.4 is 5.32 Å². The van der Waals surface area contributed by atoms with Gasteiger partial charge in [-0.1, -0.05) is 17.7 Å². The molecule has 28 heavy (non-hydrogen) atoms. The standard InChI is InChI=1S/C21H14ClN5O/c1-12-4-13(7-23)8-25-19(12)21(28)27-17-3-2-14-10-26-20(18(14)6-17)15-5-16(22)11-24-9-15/h2-6,8-9,11H,10H2,1H3,(H,27,28). The van der Waals surface area contributed by atoms with E-state index in [1.54, 1.807) is 25.4 Å². The lowest BCUT2D eigenvalue weighted by molar-refractivity contribution is 0.102. The Morgan fingerprint density at radius 1 is 1.21 bits per heavy atom. The summed E-state index contributed by atoms with van der Waals surface area (Å²) in [6.07, 6.45) is 4.68. The molecule has 0 atom stereocenters. The molecular weight excluding hydrogens is 374 g/mol. The van der Waals surface area contributed by atoms with Crippen LogP contribution in [0, 0.1) is 18.3 Å². The second-order valence-corrected chi connectivity index (χ2v) is 6.82. The zero-order valence-corrected chi connectivity index (χ0v) is 15.7. The van der Waals surface area contributed by atoms with Gasteiger partial charge in [-0.05, 0) is 42.3 Å². The third-order valence-corrected chi connectivity index (χ3v) is 4.64. The van der Waals surface area contributed by atoms with Gasteiger partial charge in [0, 0.05) is 35.4 Å². The monoisotopic (exact) mass is 387 g/mol. The molecule has 1 amide bonds. The maximum atomic E-state index is 12.6. The average Bonchev–Trinajstić information content (AvgIpc) is 3.11. The highest BCUT2D eigenvalue weighted by Crippen LogP contribution is 2.27. The molecular formula is C21H14ClN5O. The number of amides is 1. The summed E-state index contributed by atoms with van der Waals surface area (Å²) in [5, 5.41) is 12.3. The third-order valence-electron chi connectivity index (χ3n) is 4.43. The second kappa shape index (κ2) is 7.22. The number of hydrogen-bond acceptors (Lipinski definition) is 5. The number of rotatable bonds is 3. The zero-order chi connectivity index (χ0) is 19.7. The van der Waals surface area contributed by atoms with Crippen LogP contribution in [-0.2, 0) is 6.54 Å². The van der Waals surface area contributed by atoms with Gasteiger partial charge in [0.05, 0.1) is 22.8 Å². The van der Waals surface area contributed by atoms with Gasteiger partial charge in [-0.15, -0.1) is 0 Å². The van der Waals surface area contributed by atoms with Gasteiger partial charge in [-0.25, -0.2) is 4.98 Å². The summed E-state index contributed by atoms with van der Waals surface area (Å²) in [7, 11) is 0. The number of hydrogen-bond donors (Lipinski definition) is 1. The van der Waals surface area contributed by atoms with E-state index in [2.05, 4.69) is 20.3 Å². The predicted molar refractivity (Wildman–Crippen MR) is 107 cm³/mol. The van der Waals surface area contributed by atoms with E-state index in [1.807, 2.05) is 30.3 Å². The number of halogens is 1. The van der Waals surface area contributed by atoms with Crippen LogP contribution in [0.3, 0.4) is 0 Å². The van der Waals surface area contributed by atoms with Crippen LogP contribution in [0.1, 0.15) is 38.3 Å². The Morgan fingerprint density at radius 2 is 2.07 bits per heavy atom. The highest BCUT2D eigenvalue weighted by atomic mass is 35.5. The topological polar surface area (TPSA) is 91.0 Å². The molecule has 1 N–H and O–H groups in total. The van der Waals surface area contributed by atoms with Crippen molar-refractivity contribution < 1.29 is 4.79 Å². The molecule has 1 aliphatic rings. The molecule has 0 aliphatic carbocycles. The Bertz CT molecular complexity index is 1180. The van der Waals surface area contributed by atoms with Crippen molar-refractivity contribution in [2.75, 3.05) is 5.32 Å². The van der Waals surface area contributed by atoms with E-state index < -0.39 is 0 Å². The van der Waals surface area contributed by atoms with Crippen LogP contribution in [0.2, 0.25) is 5.02 Å². The lowest BCUT2D eigenvalue weighted by atomic mass is 10.0. The number of carbonyl (C=O) groups is 1. The summed E-state index contributed by atoms with van der Waals surface area (Å²) in [6.45, 7) is 2.32. The molecule has 3 aromatic rings. The van der Waals surface area contributed by atoms with Crippen molar-refractivity contribution in [1.82, 2.24) is 9.97 Å². The molecule has 0 bridgehead atoms. The van der Waals surface area contributed by atoms with Gasteiger partial charge < -0.3 is 5.32 Å². The van der Waals surface area contributed by atoms with Gasteiger partial charge in [0.1, 0.15) is 11.8 Å². The molecule has 0 spiro atoms. The number of aromatic nitrogens is 2. The highest BCUT2D eigenvalue weighted by Gasteiger charge is 2.19. The molecule has 3 heterocycles. The van der Waals surface area contributed by atoms with Crippen LogP contribution in [-0.4, -0.2) is 21.6 Å².